The first-order valence-electron chi connectivity index (χ1n) is 25.1. The first kappa shape index (κ1) is 67.3. The van der Waals surface area contributed by atoms with E-state index in [1.165, 1.54) is 33.3 Å². The largest absolute Gasteiger partial charge is 0.467 e. The molecule has 0 radical (unpaired) electrons. The number of aliphatic imine (C=N–C) groups is 2. The summed E-state index contributed by atoms with van der Waals surface area (Å²) in [5.41, 5.74) is -0.789. The lowest BCUT2D eigenvalue weighted by molar-refractivity contribution is -0.163. The van der Waals surface area contributed by atoms with Gasteiger partial charge in [-0.2, -0.15) is 9.98 Å². The second-order valence-electron chi connectivity index (χ2n) is 17.1. The lowest BCUT2D eigenvalue weighted by atomic mass is 9.88. The molecule has 0 aromatic rings. The van der Waals surface area contributed by atoms with Gasteiger partial charge in [-0.1, -0.05) is 13.5 Å². The van der Waals surface area contributed by atoms with Crippen molar-refractivity contribution in [2.24, 2.45) is 15.4 Å². The molecule has 0 rings (SSSR count). The van der Waals surface area contributed by atoms with Crippen molar-refractivity contribution in [3.8, 4) is 0 Å². The second kappa shape index (κ2) is 43.9. The normalized spacial score (nSPS) is 12.1. The van der Waals surface area contributed by atoms with Crippen LogP contribution in [-0.2, 0) is 85.8 Å². The number of esters is 7. The highest BCUT2D eigenvalue weighted by Crippen LogP contribution is 2.26. The predicted molar refractivity (Wildman–Crippen MR) is 261 cm³/mol. The molecule has 0 aliphatic carbocycles. The monoisotopic (exact) mass is 1050 g/mol. The Hall–Kier alpha value is -6.67. The Morgan fingerprint density at radius 2 is 0.851 bits per heavy atom. The van der Waals surface area contributed by atoms with E-state index in [1.807, 2.05) is 0 Å². The zero-order valence-corrected chi connectivity index (χ0v) is 43.6. The number of nitrogens with zero attached hydrogens (tertiary/aromatic N) is 2. The van der Waals surface area contributed by atoms with Crippen molar-refractivity contribution in [3.63, 3.8) is 0 Å². The summed E-state index contributed by atoms with van der Waals surface area (Å²) in [5, 5.41) is 5.19. The Labute approximate surface area is 433 Å². The van der Waals surface area contributed by atoms with Crippen LogP contribution in [0.1, 0.15) is 149 Å². The lowest BCUT2D eigenvalue weighted by Crippen LogP contribution is -2.39. The van der Waals surface area contributed by atoms with E-state index in [-0.39, 0.29) is 103 Å². The van der Waals surface area contributed by atoms with Crippen LogP contribution < -0.4 is 10.6 Å². The van der Waals surface area contributed by atoms with Crippen LogP contribution in [0.25, 0.3) is 0 Å². The minimum Gasteiger partial charge on any atom is -0.467 e. The Kier molecular flexibility index (Phi) is 39.9. The standard InChI is InChI=1S/C50H78N4O20/c1-6-50(33-72-42(58)23-10-7-17-29-68-41(57)26-20-32-69-45(61)38(2)3,34-73-43(59)24-11-8-18-30-70-48(64)51-27-15-13-21-39(53-36-55)46(62)66-4)35-74-44(60)25-12-9-19-31-71-49(65)52-28-16-14-22-40(54-37-56)47(63)67-5/h39-40H,2,6-35H2,1,3-5H3,(H,51,64)(H,52,65). The quantitative estimate of drug-likeness (QED) is 0.0185. The number of ether oxygens (including phenoxy) is 9. The molecule has 0 bridgehead atoms. The Morgan fingerprint density at radius 1 is 0.486 bits per heavy atom. The second-order valence-corrected chi connectivity index (χ2v) is 17.1. The van der Waals surface area contributed by atoms with E-state index in [2.05, 4.69) is 36.7 Å². The van der Waals surface area contributed by atoms with E-state index < -0.39 is 71.5 Å². The Balaban J connectivity index is 4.91. The third-order valence-electron chi connectivity index (χ3n) is 11.0. The maximum Gasteiger partial charge on any atom is 0.407 e. The summed E-state index contributed by atoms with van der Waals surface area (Å²) < 4.78 is 46.5. The van der Waals surface area contributed by atoms with Crippen molar-refractivity contribution in [2.75, 3.05) is 73.6 Å². The highest BCUT2D eigenvalue weighted by molar-refractivity contribution is 5.87. The number of hydrogen-bond donors (Lipinski definition) is 2. The molecule has 0 saturated heterocycles. The molecule has 0 spiro atoms. The van der Waals surface area contributed by atoms with Crippen LogP contribution in [0, 0.1) is 5.41 Å². The molecule has 2 amide bonds. The van der Waals surface area contributed by atoms with Crippen molar-refractivity contribution >= 4 is 66.1 Å². The van der Waals surface area contributed by atoms with Gasteiger partial charge in [-0.05, 0) is 116 Å². The maximum atomic E-state index is 12.8. The number of carbonyl (C=O) groups is 9. The van der Waals surface area contributed by atoms with Crippen LogP contribution in [0.5, 0.6) is 0 Å². The van der Waals surface area contributed by atoms with E-state index in [0.29, 0.717) is 96.3 Å². The third-order valence-corrected chi connectivity index (χ3v) is 11.0. The van der Waals surface area contributed by atoms with E-state index >= 15 is 0 Å². The lowest BCUT2D eigenvalue weighted by Gasteiger charge is -2.31. The van der Waals surface area contributed by atoms with Crippen molar-refractivity contribution < 1.29 is 95.4 Å². The number of unbranched alkanes of at least 4 members (excludes halogenated alkanes) is 8. The zero-order chi connectivity index (χ0) is 55.2. The van der Waals surface area contributed by atoms with Gasteiger partial charge in [0.2, 0.25) is 12.2 Å². The number of amides is 2. The van der Waals surface area contributed by atoms with E-state index in [9.17, 15) is 52.7 Å². The summed E-state index contributed by atoms with van der Waals surface area (Å²) in [7, 11) is 2.39. The molecule has 418 valence electrons. The SMILES string of the molecule is C=C(C)C(=O)OCCCC(=O)OCCCCCC(=O)OCC(CC)(COC(=O)CCCCCOC(=O)NCCCCC(N=C=O)C(=O)OC)COC(=O)CCCCCOC(=O)NCCCCC(N=C=O)C(=O)OC. The number of nitrogens with one attached hydrogen (secondary N) is 2. The molecule has 2 N–H and O–H groups in total. The average Bonchev–Trinajstić information content (AvgIpc) is 3.38. The number of methoxy groups -OCH3 is 2. The number of hydrogen-bond acceptors (Lipinski definition) is 22. The zero-order valence-electron chi connectivity index (χ0n) is 43.6. The molecule has 0 aromatic heterocycles. The maximum absolute atomic E-state index is 12.8. The molecule has 0 heterocycles. The smallest absolute Gasteiger partial charge is 0.407 e. The van der Waals surface area contributed by atoms with Gasteiger partial charge in [0.05, 0.1) is 46.1 Å². The number of carbonyl (C=O) groups excluding carboxylic acids is 11. The number of rotatable bonds is 44. The molecular formula is C50H78N4O20. The number of alkyl carbamates (subject to hydrolysis) is 2. The van der Waals surface area contributed by atoms with Crippen LogP contribution in [0.4, 0.5) is 9.59 Å². The first-order chi connectivity index (χ1) is 35.6. The fourth-order valence-corrected chi connectivity index (χ4v) is 6.36. The molecule has 74 heavy (non-hydrogen) atoms. The molecule has 0 saturated carbocycles. The summed E-state index contributed by atoms with van der Waals surface area (Å²) in [6, 6.07) is -1.88. The molecule has 0 fully saturated rings. The summed E-state index contributed by atoms with van der Waals surface area (Å²) in [6.45, 7) is 7.19. The minimum absolute atomic E-state index is 0.0516. The summed E-state index contributed by atoms with van der Waals surface area (Å²) >= 11 is 0. The van der Waals surface area contributed by atoms with Crippen LogP contribution in [0.2, 0.25) is 0 Å². The highest BCUT2D eigenvalue weighted by atomic mass is 16.6. The van der Waals surface area contributed by atoms with Gasteiger partial charge in [-0.3, -0.25) is 19.2 Å². The van der Waals surface area contributed by atoms with Gasteiger partial charge in [-0.25, -0.2) is 33.6 Å². The third kappa shape index (κ3) is 36.3. The predicted octanol–water partition coefficient (Wildman–Crippen LogP) is 5.68. The van der Waals surface area contributed by atoms with E-state index in [4.69, 9.17) is 33.2 Å². The van der Waals surface area contributed by atoms with Gasteiger partial charge >= 0.3 is 54.0 Å². The molecule has 0 aromatic carbocycles. The van der Waals surface area contributed by atoms with Crippen molar-refractivity contribution in [3.05, 3.63) is 12.2 Å². The van der Waals surface area contributed by atoms with Crippen molar-refractivity contribution in [1.29, 1.82) is 0 Å². The molecule has 2 unspecified atom stereocenters. The van der Waals surface area contributed by atoms with Gasteiger partial charge in [0, 0.05) is 44.3 Å². The van der Waals surface area contributed by atoms with Gasteiger partial charge < -0.3 is 53.3 Å². The molecular weight excluding hydrogens is 977 g/mol. The first-order valence-corrected chi connectivity index (χ1v) is 25.1. The Morgan fingerprint density at radius 3 is 1.22 bits per heavy atom. The molecule has 2 atom stereocenters. The molecule has 24 nitrogen and oxygen atoms in total. The fourth-order valence-electron chi connectivity index (χ4n) is 6.36. The highest BCUT2D eigenvalue weighted by Gasteiger charge is 2.34. The van der Waals surface area contributed by atoms with E-state index in [0.717, 1.165) is 0 Å². The Bertz CT molecular complexity index is 1740. The van der Waals surface area contributed by atoms with Crippen molar-refractivity contribution in [1.82, 2.24) is 10.6 Å². The molecule has 24 heteroatoms. The summed E-state index contributed by atoms with van der Waals surface area (Å²) in [4.78, 5) is 137. The number of isocyanates is 2. The van der Waals surface area contributed by atoms with Gasteiger partial charge in [-0.15, -0.1) is 0 Å². The average molecular weight is 1060 g/mol. The van der Waals surface area contributed by atoms with E-state index in [1.54, 1.807) is 6.92 Å². The van der Waals surface area contributed by atoms with Crippen LogP contribution in [0.15, 0.2) is 22.1 Å². The van der Waals surface area contributed by atoms with Crippen molar-refractivity contribution in [2.45, 2.75) is 161 Å². The van der Waals surface area contributed by atoms with Gasteiger partial charge in [0.25, 0.3) is 0 Å². The fraction of sp³-hybridized carbons (Fsp3) is 0.740. The van der Waals surface area contributed by atoms with Crippen LogP contribution >= 0.6 is 0 Å². The van der Waals surface area contributed by atoms with Gasteiger partial charge in [0.1, 0.15) is 19.8 Å². The van der Waals surface area contributed by atoms with Crippen LogP contribution in [-0.4, -0.2) is 152 Å². The summed E-state index contributed by atoms with van der Waals surface area (Å²) in [6.07, 6.45) is 9.25. The summed E-state index contributed by atoms with van der Waals surface area (Å²) in [5.74, 6) is -3.80. The molecule has 0 aliphatic rings. The topological polar surface area (TPSA) is 320 Å². The van der Waals surface area contributed by atoms with Crippen LogP contribution in [0.3, 0.4) is 0 Å². The van der Waals surface area contributed by atoms with Gasteiger partial charge in [0.15, 0.2) is 12.1 Å². The molecule has 0 aliphatic heterocycles. The minimum atomic E-state index is -1.06.